The monoisotopic (exact) mass is 413 g/mol. The van der Waals surface area contributed by atoms with E-state index in [1.54, 1.807) is 13.1 Å². The molecule has 2 aromatic rings. The summed E-state index contributed by atoms with van der Waals surface area (Å²) in [6.45, 7) is 3.41. The maximum absolute atomic E-state index is 12.6. The van der Waals surface area contributed by atoms with Gasteiger partial charge in [-0.3, -0.25) is 9.67 Å². The van der Waals surface area contributed by atoms with Gasteiger partial charge in [0.25, 0.3) is 0 Å². The van der Waals surface area contributed by atoms with Crippen LogP contribution >= 0.6 is 11.6 Å². The number of hydrogen-bond donors (Lipinski definition) is 2. The van der Waals surface area contributed by atoms with Crippen molar-refractivity contribution < 1.29 is 13.5 Å². The molecule has 0 amide bonds. The minimum absolute atomic E-state index is 0.0806. The minimum Gasteiger partial charge on any atom is -0.434 e. The van der Waals surface area contributed by atoms with Gasteiger partial charge in [-0.1, -0.05) is 11.6 Å². The lowest BCUT2D eigenvalue weighted by molar-refractivity contribution is -0.0504. The summed E-state index contributed by atoms with van der Waals surface area (Å²) >= 11 is 5.98. The fourth-order valence-electron chi connectivity index (χ4n) is 2.97. The van der Waals surface area contributed by atoms with Crippen LogP contribution in [0.2, 0.25) is 5.02 Å². The summed E-state index contributed by atoms with van der Waals surface area (Å²) in [7, 11) is 3.58. The fraction of sp³-hybridized carbons (Fsp3) is 0.474. The minimum atomic E-state index is -2.90. The Labute approximate surface area is 168 Å². The van der Waals surface area contributed by atoms with Crippen molar-refractivity contribution in [2.75, 3.05) is 7.05 Å². The number of halogens is 3. The van der Waals surface area contributed by atoms with Crippen LogP contribution < -0.4 is 15.4 Å². The first kappa shape index (κ1) is 21.9. The van der Waals surface area contributed by atoms with E-state index in [4.69, 9.17) is 11.6 Å². The van der Waals surface area contributed by atoms with E-state index in [0.29, 0.717) is 16.5 Å². The van der Waals surface area contributed by atoms with Crippen molar-refractivity contribution in [2.24, 2.45) is 12.0 Å². The smallest absolute Gasteiger partial charge is 0.387 e. The van der Waals surface area contributed by atoms with Crippen LogP contribution in [0.3, 0.4) is 0 Å². The normalized spacial score (nSPS) is 13.0. The van der Waals surface area contributed by atoms with E-state index in [2.05, 4.69) is 25.5 Å². The molecule has 0 radical (unpaired) electrons. The lowest BCUT2D eigenvalue weighted by Crippen LogP contribution is -2.42. The highest BCUT2D eigenvalue weighted by Crippen LogP contribution is 2.24. The number of aryl methyl sites for hydroxylation is 2. The number of rotatable bonds is 7. The lowest BCUT2D eigenvalue weighted by atomic mass is 10.1. The van der Waals surface area contributed by atoms with Crippen LogP contribution in [-0.4, -0.2) is 35.4 Å². The van der Waals surface area contributed by atoms with Gasteiger partial charge in [0.2, 0.25) is 0 Å². The largest absolute Gasteiger partial charge is 0.434 e. The molecule has 0 aliphatic heterocycles. The molecule has 6 nitrogen and oxygen atoms in total. The van der Waals surface area contributed by atoms with Crippen LogP contribution in [0.1, 0.15) is 29.4 Å². The molecule has 1 atom stereocenters. The van der Waals surface area contributed by atoms with Crippen LogP contribution in [-0.2, 0) is 20.0 Å². The molecule has 1 aromatic carbocycles. The molecular formula is C19H26ClF2N5O. The molecular weight excluding hydrogens is 388 g/mol. The van der Waals surface area contributed by atoms with Crippen LogP contribution in [0.15, 0.2) is 23.2 Å². The highest BCUT2D eigenvalue weighted by atomic mass is 35.5. The average Bonchev–Trinajstić information content (AvgIpc) is 2.86. The van der Waals surface area contributed by atoms with Gasteiger partial charge >= 0.3 is 6.61 Å². The Balaban J connectivity index is 2.00. The Bertz CT molecular complexity index is 838. The number of nitrogens with one attached hydrogen (secondary N) is 2. The van der Waals surface area contributed by atoms with Crippen molar-refractivity contribution in [1.82, 2.24) is 20.4 Å². The molecule has 2 N–H and O–H groups in total. The van der Waals surface area contributed by atoms with Gasteiger partial charge in [0.1, 0.15) is 5.75 Å². The second kappa shape index (κ2) is 9.73. The van der Waals surface area contributed by atoms with E-state index in [9.17, 15) is 8.78 Å². The Morgan fingerprint density at radius 1 is 1.36 bits per heavy atom. The molecule has 0 saturated carbocycles. The average molecular weight is 414 g/mol. The molecule has 2 rings (SSSR count). The van der Waals surface area contributed by atoms with Crippen LogP contribution in [0.4, 0.5) is 8.78 Å². The van der Waals surface area contributed by atoms with Crippen molar-refractivity contribution >= 4 is 17.6 Å². The molecule has 1 unspecified atom stereocenters. The zero-order valence-electron chi connectivity index (χ0n) is 16.7. The number of ether oxygens (including phenoxy) is 1. The third kappa shape index (κ3) is 5.82. The third-order valence-electron chi connectivity index (χ3n) is 4.46. The standard InChI is InChI=1S/C19H26ClF2N5O/c1-11(8-16-12(2)26-27(5)13(16)3)25-19(23-4)24-10-14-9-15(20)6-7-17(14)28-18(21)22/h6-7,9,11,18H,8,10H2,1-5H3,(H2,23,24,25). The van der Waals surface area contributed by atoms with Crippen molar-refractivity contribution in [3.63, 3.8) is 0 Å². The molecule has 9 heteroatoms. The van der Waals surface area contributed by atoms with Gasteiger partial charge in [0, 0.05) is 43.0 Å². The lowest BCUT2D eigenvalue weighted by Gasteiger charge is -2.19. The van der Waals surface area contributed by atoms with E-state index in [1.807, 2.05) is 32.5 Å². The van der Waals surface area contributed by atoms with Gasteiger partial charge in [-0.05, 0) is 51.0 Å². The van der Waals surface area contributed by atoms with E-state index in [0.717, 1.165) is 17.8 Å². The van der Waals surface area contributed by atoms with E-state index >= 15 is 0 Å². The summed E-state index contributed by atoms with van der Waals surface area (Å²) in [5.41, 5.74) is 3.84. The van der Waals surface area contributed by atoms with E-state index in [1.165, 1.54) is 17.7 Å². The number of nitrogens with zero attached hydrogens (tertiary/aromatic N) is 3. The third-order valence-corrected chi connectivity index (χ3v) is 4.70. The van der Waals surface area contributed by atoms with Crippen molar-refractivity contribution in [2.45, 2.75) is 46.4 Å². The quantitative estimate of drug-likeness (QED) is 0.538. The maximum atomic E-state index is 12.6. The number of benzene rings is 1. The topological polar surface area (TPSA) is 63.5 Å². The molecule has 28 heavy (non-hydrogen) atoms. The Morgan fingerprint density at radius 2 is 2.07 bits per heavy atom. The number of alkyl halides is 2. The number of guanidine groups is 1. The summed E-state index contributed by atoms with van der Waals surface area (Å²) in [5.74, 6) is 0.631. The Morgan fingerprint density at radius 3 is 2.64 bits per heavy atom. The van der Waals surface area contributed by atoms with Crippen LogP contribution in [0, 0.1) is 13.8 Å². The van der Waals surface area contributed by atoms with Gasteiger partial charge < -0.3 is 15.4 Å². The summed E-state index contributed by atoms with van der Waals surface area (Å²) in [4.78, 5) is 4.20. The number of aliphatic imine (C=N–C) groups is 1. The number of hydrogen-bond acceptors (Lipinski definition) is 3. The molecule has 1 heterocycles. The van der Waals surface area contributed by atoms with Crippen molar-refractivity contribution in [1.29, 1.82) is 0 Å². The second-order valence-electron chi connectivity index (χ2n) is 6.58. The van der Waals surface area contributed by atoms with Gasteiger partial charge in [-0.2, -0.15) is 13.9 Å². The van der Waals surface area contributed by atoms with Crippen molar-refractivity contribution in [3.05, 3.63) is 45.7 Å². The first-order valence-electron chi connectivity index (χ1n) is 8.90. The summed E-state index contributed by atoms with van der Waals surface area (Å²) in [6.07, 6.45) is 0.781. The van der Waals surface area contributed by atoms with Gasteiger partial charge in [0.05, 0.1) is 5.69 Å². The second-order valence-corrected chi connectivity index (χ2v) is 7.02. The van der Waals surface area contributed by atoms with E-state index < -0.39 is 6.61 Å². The molecule has 0 spiro atoms. The molecule has 154 valence electrons. The molecule has 0 aliphatic carbocycles. The summed E-state index contributed by atoms with van der Waals surface area (Å²) in [6, 6.07) is 4.61. The molecule has 0 bridgehead atoms. The molecule has 1 aromatic heterocycles. The summed E-state index contributed by atoms with van der Waals surface area (Å²) in [5, 5.41) is 11.3. The number of aromatic nitrogens is 2. The van der Waals surface area contributed by atoms with E-state index in [-0.39, 0.29) is 18.3 Å². The summed E-state index contributed by atoms with van der Waals surface area (Å²) < 4.78 is 31.6. The molecule has 0 saturated heterocycles. The van der Waals surface area contributed by atoms with Gasteiger partial charge in [-0.25, -0.2) is 0 Å². The Hall–Kier alpha value is -2.35. The van der Waals surface area contributed by atoms with Gasteiger partial charge in [-0.15, -0.1) is 0 Å². The highest BCUT2D eigenvalue weighted by molar-refractivity contribution is 6.30. The molecule has 0 fully saturated rings. The zero-order chi connectivity index (χ0) is 20.8. The first-order chi connectivity index (χ1) is 13.2. The maximum Gasteiger partial charge on any atom is 0.387 e. The predicted molar refractivity (Wildman–Crippen MR) is 107 cm³/mol. The van der Waals surface area contributed by atoms with Crippen LogP contribution in [0.5, 0.6) is 5.75 Å². The van der Waals surface area contributed by atoms with Crippen LogP contribution in [0.25, 0.3) is 0 Å². The predicted octanol–water partition coefficient (Wildman–Crippen LogP) is 3.59. The Kier molecular flexibility index (Phi) is 7.62. The fourth-order valence-corrected chi connectivity index (χ4v) is 3.17. The first-order valence-corrected chi connectivity index (χ1v) is 9.28. The SMILES string of the molecule is CN=C(NCc1cc(Cl)ccc1OC(F)F)NC(C)Cc1c(C)nn(C)c1C. The van der Waals surface area contributed by atoms with Crippen molar-refractivity contribution in [3.8, 4) is 5.75 Å². The highest BCUT2D eigenvalue weighted by Gasteiger charge is 2.15. The zero-order valence-corrected chi connectivity index (χ0v) is 17.4. The molecule has 0 aliphatic rings. The van der Waals surface area contributed by atoms with Gasteiger partial charge in [0.15, 0.2) is 5.96 Å².